The van der Waals surface area contributed by atoms with Crippen LogP contribution in [-0.2, 0) is 0 Å². The minimum Gasteiger partial charge on any atom is -0.218 e. The van der Waals surface area contributed by atoms with Gasteiger partial charge in [0, 0.05) is 8.96 Å². The van der Waals surface area contributed by atoms with Crippen molar-refractivity contribution in [2.45, 2.75) is 0 Å². The Kier molecular flexibility index (Phi) is 2.71. The molecule has 0 aliphatic carbocycles. The third-order valence-corrected chi connectivity index (χ3v) is 3.03. The number of fused-ring (bicyclic) bond motifs is 1. The predicted octanol–water partition coefficient (Wildman–Crippen LogP) is 3.65. The number of aromatic nitrogens is 2. The van der Waals surface area contributed by atoms with Crippen molar-refractivity contribution in [1.29, 1.82) is 0 Å². The van der Waals surface area contributed by atoms with Gasteiger partial charge in [-0.2, -0.15) is 0 Å². The smallest absolute Gasteiger partial charge is 0.218 e. The van der Waals surface area contributed by atoms with E-state index < -0.39 is 0 Å². The maximum absolute atomic E-state index is 5.72. The van der Waals surface area contributed by atoms with Crippen molar-refractivity contribution < 1.29 is 0 Å². The van der Waals surface area contributed by atoms with Crippen LogP contribution in [0, 0.1) is 3.57 Å². The average Bonchev–Trinajstić information content (AvgIpc) is 2.02. The summed E-state index contributed by atoms with van der Waals surface area (Å²) in [6, 6.07) is 5.94. The predicted molar refractivity (Wildman–Crippen MR) is 65.0 cm³/mol. The Morgan fingerprint density at radius 3 is 2.85 bits per heavy atom. The quantitative estimate of drug-likeness (QED) is 0.402. The largest absolute Gasteiger partial charge is 0.224 e. The molecule has 0 unspecified atom stereocenters. The summed E-state index contributed by atoms with van der Waals surface area (Å²) in [5.74, 6) is 0. The van der Waals surface area contributed by atoms with Gasteiger partial charge in [0.15, 0.2) is 0 Å². The topological polar surface area (TPSA) is 25.8 Å². The van der Waals surface area contributed by atoms with Crippen molar-refractivity contribution in [2.75, 3.05) is 0 Å². The summed E-state index contributed by atoms with van der Waals surface area (Å²) in [6.45, 7) is 0. The van der Waals surface area contributed by atoms with Crippen molar-refractivity contribution >= 4 is 61.0 Å². The number of benzene rings is 1. The highest BCUT2D eigenvalue weighted by Crippen LogP contribution is 2.23. The molecular formula is C8H3BrClIN2. The molecule has 2 rings (SSSR count). The molecule has 0 saturated heterocycles. The fourth-order valence-electron chi connectivity index (χ4n) is 1.04. The van der Waals surface area contributed by atoms with Crippen LogP contribution < -0.4 is 0 Å². The molecule has 1 heterocycles. The second-order valence-electron chi connectivity index (χ2n) is 2.44. The second kappa shape index (κ2) is 3.67. The summed E-state index contributed by atoms with van der Waals surface area (Å²) in [7, 11) is 0. The van der Waals surface area contributed by atoms with Crippen LogP contribution >= 0.6 is 50.1 Å². The SMILES string of the molecule is Clc1nc(Br)c2ccc(I)cc2n1. The first kappa shape index (κ1) is 9.61. The van der Waals surface area contributed by atoms with Crippen LogP contribution in [0.3, 0.4) is 0 Å². The molecule has 0 bridgehead atoms. The Bertz CT molecular complexity index is 470. The van der Waals surface area contributed by atoms with Crippen LogP contribution in [-0.4, -0.2) is 9.97 Å². The average molecular weight is 369 g/mol. The zero-order valence-electron chi connectivity index (χ0n) is 6.26. The molecule has 0 aliphatic rings. The van der Waals surface area contributed by atoms with Crippen molar-refractivity contribution in [3.05, 3.63) is 31.7 Å². The summed E-state index contributed by atoms with van der Waals surface area (Å²) in [5.41, 5.74) is 0.860. The summed E-state index contributed by atoms with van der Waals surface area (Å²) < 4.78 is 1.87. The van der Waals surface area contributed by atoms with Crippen LogP contribution in [0.2, 0.25) is 5.28 Å². The van der Waals surface area contributed by atoms with Crippen LogP contribution in [0.15, 0.2) is 22.8 Å². The molecule has 0 atom stereocenters. The van der Waals surface area contributed by atoms with Crippen molar-refractivity contribution in [3.63, 3.8) is 0 Å². The lowest BCUT2D eigenvalue weighted by atomic mass is 10.2. The van der Waals surface area contributed by atoms with E-state index >= 15 is 0 Å². The number of halogens is 3. The van der Waals surface area contributed by atoms with Gasteiger partial charge in [0.25, 0.3) is 0 Å². The molecule has 0 amide bonds. The molecule has 0 N–H and O–H groups in total. The maximum Gasteiger partial charge on any atom is 0.224 e. The first-order valence-corrected chi connectivity index (χ1v) is 5.70. The van der Waals surface area contributed by atoms with Crippen LogP contribution in [0.5, 0.6) is 0 Å². The highest BCUT2D eigenvalue weighted by atomic mass is 127. The number of hydrogen-bond donors (Lipinski definition) is 0. The van der Waals surface area contributed by atoms with Crippen molar-refractivity contribution in [1.82, 2.24) is 9.97 Å². The highest BCUT2D eigenvalue weighted by molar-refractivity contribution is 14.1. The molecule has 0 radical (unpaired) electrons. The van der Waals surface area contributed by atoms with E-state index in [4.69, 9.17) is 11.6 Å². The van der Waals surface area contributed by atoms with Gasteiger partial charge in [0.1, 0.15) is 4.60 Å². The Hall–Kier alpha value is 0.0600. The highest BCUT2D eigenvalue weighted by Gasteiger charge is 2.03. The Morgan fingerprint density at radius 1 is 1.31 bits per heavy atom. The zero-order valence-corrected chi connectivity index (χ0v) is 10.8. The van der Waals surface area contributed by atoms with Gasteiger partial charge >= 0.3 is 0 Å². The molecule has 5 heteroatoms. The van der Waals surface area contributed by atoms with Gasteiger partial charge in [-0.25, -0.2) is 9.97 Å². The van der Waals surface area contributed by atoms with Gasteiger partial charge in [-0.1, -0.05) is 0 Å². The van der Waals surface area contributed by atoms with E-state index in [2.05, 4.69) is 48.5 Å². The maximum atomic E-state index is 5.72. The minimum atomic E-state index is 0.265. The molecule has 0 aliphatic heterocycles. The van der Waals surface area contributed by atoms with Gasteiger partial charge in [0.05, 0.1) is 5.52 Å². The van der Waals surface area contributed by atoms with Crippen LogP contribution in [0.25, 0.3) is 10.9 Å². The van der Waals surface area contributed by atoms with E-state index in [0.29, 0.717) is 0 Å². The summed E-state index contributed by atoms with van der Waals surface area (Å²) in [4.78, 5) is 8.12. The van der Waals surface area contributed by atoms with Gasteiger partial charge in [-0.05, 0) is 68.3 Å². The fraction of sp³-hybridized carbons (Fsp3) is 0. The van der Waals surface area contributed by atoms with Gasteiger partial charge in [-0.3, -0.25) is 0 Å². The summed E-state index contributed by atoms with van der Waals surface area (Å²) >= 11 is 11.3. The van der Waals surface area contributed by atoms with E-state index in [1.54, 1.807) is 0 Å². The molecule has 0 spiro atoms. The zero-order chi connectivity index (χ0) is 9.42. The molecular weight excluding hydrogens is 366 g/mol. The first-order chi connectivity index (χ1) is 6.16. The molecule has 0 fully saturated rings. The molecule has 66 valence electrons. The molecule has 2 nitrogen and oxygen atoms in total. The first-order valence-electron chi connectivity index (χ1n) is 3.45. The van der Waals surface area contributed by atoms with E-state index in [-0.39, 0.29) is 5.28 Å². The lowest BCUT2D eigenvalue weighted by Gasteiger charge is -2.00. The second-order valence-corrected chi connectivity index (χ2v) is 4.78. The van der Waals surface area contributed by atoms with E-state index in [9.17, 15) is 0 Å². The van der Waals surface area contributed by atoms with E-state index in [1.165, 1.54) is 0 Å². The lowest BCUT2D eigenvalue weighted by molar-refractivity contribution is 1.19. The number of rotatable bonds is 0. The van der Waals surface area contributed by atoms with Gasteiger partial charge in [-0.15, -0.1) is 0 Å². The van der Waals surface area contributed by atoms with E-state index in [0.717, 1.165) is 19.1 Å². The molecule has 1 aromatic carbocycles. The standard InChI is InChI=1S/C8H3BrClIN2/c9-7-5-2-1-4(11)3-6(5)12-8(10)13-7/h1-3H. The lowest BCUT2D eigenvalue weighted by Crippen LogP contribution is -1.87. The molecule has 0 saturated carbocycles. The van der Waals surface area contributed by atoms with Crippen LogP contribution in [0.1, 0.15) is 0 Å². The Morgan fingerprint density at radius 2 is 2.08 bits per heavy atom. The third kappa shape index (κ3) is 1.94. The number of nitrogens with zero attached hydrogens (tertiary/aromatic N) is 2. The summed E-state index contributed by atoms with van der Waals surface area (Å²) in [5, 5.41) is 1.24. The van der Waals surface area contributed by atoms with Gasteiger partial charge < -0.3 is 0 Å². The van der Waals surface area contributed by atoms with Gasteiger partial charge in [0.2, 0.25) is 5.28 Å². The van der Waals surface area contributed by atoms with Crippen LogP contribution in [0.4, 0.5) is 0 Å². The Labute approximate surface area is 102 Å². The minimum absolute atomic E-state index is 0.265. The number of hydrogen-bond acceptors (Lipinski definition) is 2. The normalized spacial score (nSPS) is 10.7. The molecule has 2 aromatic rings. The van der Waals surface area contributed by atoms with E-state index in [1.807, 2.05) is 18.2 Å². The fourth-order valence-corrected chi connectivity index (χ4v) is 2.29. The van der Waals surface area contributed by atoms with Crippen molar-refractivity contribution in [3.8, 4) is 0 Å². The monoisotopic (exact) mass is 368 g/mol. The molecule has 13 heavy (non-hydrogen) atoms. The molecule has 1 aromatic heterocycles. The summed E-state index contributed by atoms with van der Waals surface area (Å²) in [6.07, 6.45) is 0. The third-order valence-electron chi connectivity index (χ3n) is 1.59. The van der Waals surface area contributed by atoms with Crippen molar-refractivity contribution in [2.24, 2.45) is 0 Å². The Balaban J connectivity index is 2.86.